The molecule has 0 fully saturated rings. The predicted octanol–water partition coefficient (Wildman–Crippen LogP) is 2.37. The van der Waals surface area contributed by atoms with Crippen molar-refractivity contribution in [1.29, 1.82) is 0 Å². The second-order valence-electron chi connectivity index (χ2n) is 3.87. The number of ether oxygens (including phenoxy) is 1. The number of hydrogen-bond donors (Lipinski definition) is 2. The SMILES string of the molecule is CCSc1ccccc1OCCC(N)CC(=O)O. The molecule has 0 saturated heterocycles. The minimum Gasteiger partial charge on any atom is -0.492 e. The van der Waals surface area contributed by atoms with Crippen molar-refractivity contribution in [1.82, 2.24) is 0 Å². The molecular formula is C13H19NO3S. The number of thioether (sulfide) groups is 1. The van der Waals surface area contributed by atoms with E-state index < -0.39 is 5.97 Å². The second-order valence-corrected chi connectivity index (χ2v) is 5.18. The largest absolute Gasteiger partial charge is 0.492 e. The van der Waals surface area contributed by atoms with E-state index in [2.05, 4.69) is 6.92 Å². The van der Waals surface area contributed by atoms with Gasteiger partial charge in [-0.25, -0.2) is 0 Å². The molecule has 3 N–H and O–H groups in total. The number of hydrogen-bond acceptors (Lipinski definition) is 4. The lowest BCUT2D eigenvalue weighted by atomic mass is 10.1. The van der Waals surface area contributed by atoms with Crippen LogP contribution < -0.4 is 10.5 Å². The molecule has 100 valence electrons. The average Bonchev–Trinajstić information content (AvgIpc) is 2.30. The molecule has 0 bridgehead atoms. The van der Waals surface area contributed by atoms with Crippen molar-refractivity contribution in [2.45, 2.75) is 30.7 Å². The van der Waals surface area contributed by atoms with Gasteiger partial charge in [-0.05, 0) is 24.3 Å². The van der Waals surface area contributed by atoms with E-state index in [1.807, 2.05) is 24.3 Å². The minimum absolute atomic E-state index is 0.0191. The Kier molecular flexibility index (Phi) is 6.60. The first-order valence-electron chi connectivity index (χ1n) is 5.95. The highest BCUT2D eigenvalue weighted by atomic mass is 32.2. The van der Waals surface area contributed by atoms with E-state index in [1.54, 1.807) is 11.8 Å². The van der Waals surface area contributed by atoms with Gasteiger partial charge in [0.05, 0.1) is 13.0 Å². The van der Waals surface area contributed by atoms with E-state index in [1.165, 1.54) is 0 Å². The third kappa shape index (κ3) is 5.42. The Balaban J connectivity index is 2.41. The molecule has 0 aliphatic rings. The Morgan fingerprint density at radius 3 is 2.89 bits per heavy atom. The summed E-state index contributed by atoms with van der Waals surface area (Å²) in [7, 11) is 0. The smallest absolute Gasteiger partial charge is 0.304 e. The molecule has 0 spiro atoms. The van der Waals surface area contributed by atoms with Crippen LogP contribution >= 0.6 is 11.8 Å². The van der Waals surface area contributed by atoms with Gasteiger partial charge in [0.1, 0.15) is 5.75 Å². The highest BCUT2D eigenvalue weighted by Gasteiger charge is 2.09. The highest BCUT2D eigenvalue weighted by molar-refractivity contribution is 7.99. The molecule has 5 heteroatoms. The van der Waals surface area contributed by atoms with Crippen molar-refractivity contribution < 1.29 is 14.6 Å². The predicted molar refractivity (Wildman–Crippen MR) is 73.2 cm³/mol. The van der Waals surface area contributed by atoms with Crippen molar-refractivity contribution in [2.24, 2.45) is 5.73 Å². The van der Waals surface area contributed by atoms with Crippen molar-refractivity contribution in [3.05, 3.63) is 24.3 Å². The van der Waals surface area contributed by atoms with E-state index >= 15 is 0 Å². The number of para-hydroxylation sites is 1. The van der Waals surface area contributed by atoms with Crippen LogP contribution in [-0.4, -0.2) is 29.5 Å². The third-order valence-corrected chi connectivity index (χ3v) is 3.27. The minimum atomic E-state index is -0.871. The first-order chi connectivity index (χ1) is 8.63. The number of rotatable bonds is 8. The molecule has 4 nitrogen and oxygen atoms in total. The maximum absolute atomic E-state index is 10.5. The summed E-state index contributed by atoms with van der Waals surface area (Å²) in [6, 6.07) is 7.47. The third-order valence-electron chi connectivity index (χ3n) is 2.33. The first-order valence-corrected chi connectivity index (χ1v) is 6.94. The average molecular weight is 269 g/mol. The number of nitrogens with two attached hydrogens (primary N) is 1. The molecule has 0 amide bonds. The number of aliphatic carboxylic acids is 1. The maximum Gasteiger partial charge on any atom is 0.304 e. The zero-order chi connectivity index (χ0) is 13.4. The van der Waals surface area contributed by atoms with E-state index in [0.29, 0.717) is 13.0 Å². The molecule has 0 aromatic heterocycles. The standard InChI is InChI=1S/C13H19NO3S/c1-2-18-12-6-4-3-5-11(12)17-8-7-10(14)9-13(15)16/h3-6,10H,2,7-9,14H2,1H3,(H,15,16). The van der Waals surface area contributed by atoms with Crippen molar-refractivity contribution in [3.63, 3.8) is 0 Å². The lowest BCUT2D eigenvalue weighted by molar-refractivity contribution is -0.137. The molecule has 18 heavy (non-hydrogen) atoms. The summed E-state index contributed by atoms with van der Waals surface area (Å²) in [5, 5.41) is 8.59. The van der Waals surface area contributed by atoms with Gasteiger partial charge in [0, 0.05) is 10.9 Å². The van der Waals surface area contributed by atoms with Crippen LogP contribution in [0, 0.1) is 0 Å². The van der Waals surface area contributed by atoms with Gasteiger partial charge in [-0.1, -0.05) is 19.1 Å². The number of carboxylic acid groups (broad SMARTS) is 1. The molecule has 0 aliphatic carbocycles. The van der Waals surface area contributed by atoms with Crippen molar-refractivity contribution >= 4 is 17.7 Å². The summed E-state index contributed by atoms with van der Waals surface area (Å²) in [5.41, 5.74) is 5.67. The van der Waals surface area contributed by atoms with Crippen LogP contribution in [0.25, 0.3) is 0 Å². The number of benzene rings is 1. The highest BCUT2D eigenvalue weighted by Crippen LogP contribution is 2.28. The van der Waals surface area contributed by atoms with Crippen LogP contribution in [0.5, 0.6) is 5.75 Å². The molecule has 1 rings (SSSR count). The molecule has 1 aromatic carbocycles. The lowest BCUT2D eigenvalue weighted by Crippen LogP contribution is -2.25. The van der Waals surface area contributed by atoms with Crippen molar-refractivity contribution in [2.75, 3.05) is 12.4 Å². The fourth-order valence-corrected chi connectivity index (χ4v) is 2.25. The van der Waals surface area contributed by atoms with Gasteiger partial charge in [0.25, 0.3) is 0 Å². The molecule has 0 radical (unpaired) electrons. The van der Waals surface area contributed by atoms with Gasteiger partial charge in [-0.2, -0.15) is 0 Å². The normalized spacial score (nSPS) is 12.1. The Morgan fingerprint density at radius 2 is 2.22 bits per heavy atom. The summed E-state index contributed by atoms with van der Waals surface area (Å²) >= 11 is 1.72. The molecule has 1 atom stereocenters. The van der Waals surface area contributed by atoms with Gasteiger partial charge in [-0.3, -0.25) is 4.79 Å². The summed E-state index contributed by atoms with van der Waals surface area (Å²) in [5.74, 6) is 0.954. The van der Waals surface area contributed by atoms with Gasteiger partial charge in [0.2, 0.25) is 0 Å². The maximum atomic E-state index is 10.5. The van der Waals surface area contributed by atoms with Crippen LogP contribution in [0.3, 0.4) is 0 Å². The molecule has 1 unspecified atom stereocenters. The lowest BCUT2D eigenvalue weighted by Gasteiger charge is -2.12. The fourth-order valence-electron chi connectivity index (χ4n) is 1.49. The first kappa shape index (κ1) is 14.9. The zero-order valence-corrected chi connectivity index (χ0v) is 11.3. The van der Waals surface area contributed by atoms with Gasteiger partial charge >= 0.3 is 5.97 Å². The zero-order valence-electron chi connectivity index (χ0n) is 10.5. The molecular weight excluding hydrogens is 250 g/mol. The second kappa shape index (κ2) is 8.00. The van der Waals surface area contributed by atoms with Crippen LogP contribution in [0.15, 0.2) is 29.2 Å². The summed E-state index contributed by atoms with van der Waals surface area (Å²) in [6.45, 7) is 2.53. The Hall–Kier alpha value is -1.20. The Bertz CT molecular complexity index is 384. The van der Waals surface area contributed by atoms with Crippen LogP contribution in [0.1, 0.15) is 19.8 Å². The van der Waals surface area contributed by atoms with Crippen LogP contribution in [-0.2, 0) is 4.79 Å². The number of carboxylic acids is 1. The van der Waals surface area contributed by atoms with Gasteiger partial charge < -0.3 is 15.6 Å². The quantitative estimate of drug-likeness (QED) is 0.709. The molecule has 0 saturated carbocycles. The number of carbonyl (C=O) groups is 1. The molecule has 0 heterocycles. The van der Waals surface area contributed by atoms with Crippen LogP contribution in [0.2, 0.25) is 0 Å². The topological polar surface area (TPSA) is 72.5 Å². The van der Waals surface area contributed by atoms with Gasteiger partial charge in [0.15, 0.2) is 0 Å². The Morgan fingerprint density at radius 1 is 1.50 bits per heavy atom. The fraction of sp³-hybridized carbons (Fsp3) is 0.462. The molecule has 1 aromatic rings. The summed E-state index contributed by atoms with van der Waals surface area (Å²) < 4.78 is 5.65. The molecule has 0 aliphatic heterocycles. The van der Waals surface area contributed by atoms with E-state index in [4.69, 9.17) is 15.6 Å². The summed E-state index contributed by atoms with van der Waals surface area (Å²) in [6.07, 6.45) is 0.520. The summed E-state index contributed by atoms with van der Waals surface area (Å²) in [4.78, 5) is 11.6. The van der Waals surface area contributed by atoms with E-state index in [0.717, 1.165) is 16.4 Å². The van der Waals surface area contributed by atoms with Gasteiger partial charge in [-0.15, -0.1) is 11.8 Å². The Labute approximate surface area is 112 Å². The van der Waals surface area contributed by atoms with Crippen LogP contribution in [0.4, 0.5) is 0 Å². The van der Waals surface area contributed by atoms with E-state index in [9.17, 15) is 4.79 Å². The van der Waals surface area contributed by atoms with Crippen molar-refractivity contribution in [3.8, 4) is 5.75 Å². The van der Waals surface area contributed by atoms with E-state index in [-0.39, 0.29) is 12.5 Å². The monoisotopic (exact) mass is 269 g/mol.